The molecule has 0 radical (unpaired) electrons. The van der Waals surface area contributed by atoms with Crippen molar-refractivity contribution in [1.82, 2.24) is 0 Å². The van der Waals surface area contributed by atoms with E-state index in [-0.39, 0.29) is 28.9 Å². The van der Waals surface area contributed by atoms with Gasteiger partial charge in [0.15, 0.2) is 0 Å². The monoisotopic (exact) mass is 663 g/mol. The summed E-state index contributed by atoms with van der Waals surface area (Å²) in [5.74, 6) is -0.786. The number of fused-ring (bicyclic) bond motifs is 5. The van der Waals surface area contributed by atoms with Crippen molar-refractivity contribution in [2.45, 2.75) is 58.5 Å². The van der Waals surface area contributed by atoms with E-state index in [0.717, 1.165) is 58.3 Å². The number of benzene rings is 4. The number of rotatable bonds is 3. The Hall–Kier alpha value is -5.84. The highest BCUT2D eigenvalue weighted by Gasteiger charge is 2.41. The van der Waals surface area contributed by atoms with E-state index in [1.54, 1.807) is 32.0 Å². The number of nitrogens with zero attached hydrogens (tertiary/aromatic N) is 3. The number of aromatic hydroxyl groups is 1. The summed E-state index contributed by atoms with van der Waals surface area (Å²) in [7, 11) is 1.26. The molecule has 2 amide bonds. The zero-order valence-corrected chi connectivity index (χ0v) is 27.8. The average molecular weight is 664 g/mol. The Balaban J connectivity index is 0.000000185. The van der Waals surface area contributed by atoms with Crippen molar-refractivity contribution in [2.24, 2.45) is 0 Å². The number of amides is 2. The van der Waals surface area contributed by atoms with E-state index in [0.29, 0.717) is 12.1 Å². The number of methoxy groups -OCH3 is 1. The molecule has 0 spiro atoms. The number of carbonyl (C=O) groups is 4. The maximum Gasteiger partial charge on any atom is 0.329 e. The lowest BCUT2D eigenvalue weighted by atomic mass is 9.98. The van der Waals surface area contributed by atoms with E-state index in [1.807, 2.05) is 55.0 Å². The maximum atomic E-state index is 13.2. The van der Waals surface area contributed by atoms with Crippen LogP contribution in [0.25, 0.3) is 0 Å². The van der Waals surface area contributed by atoms with Gasteiger partial charge in [-0.05, 0) is 104 Å². The lowest BCUT2D eigenvalue weighted by Gasteiger charge is -2.24. The number of carbonyl (C=O) groups excluding carboxylic acids is 4. The topological polar surface area (TPSA) is 147 Å². The quantitative estimate of drug-likeness (QED) is 0.160. The molecular weight excluding hydrogens is 626 g/mol. The summed E-state index contributed by atoms with van der Waals surface area (Å²) in [6.45, 7) is 7.37. The second-order valence-corrected chi connectivity index (χ2v) is 12.3. The normalized spacial score (nSPS) is 16.8. The molecule has 1 N–H and O–H groups in total. The third-order valence-electron chi connectivity index (χ3n) is 9.40. The summed E-state index contributed by atoms with van der Waals surface area (Å²) in [5.41, 5.74) is 7.34. The van der Waals surface area contributed by atoms with Crippen LogP contribution in [-0.2, 0) is 33.6 Å². The van der Waals surface area contributed by atoms with Gasteiger partial charge in [0.2, 0.25) is 0 Å². The number of aryl methyl sites for hydroxylation is 4. The van der Waals surface area contributed by atoms with Gasteiger partial charge in [0.05, 0.1) is 12.0 Å². The molecule has 49 heavy (non-hydrogen) atoms. The second-order valence-electron chi connectivity index (χ2n) is 12.3. The van der Waals surface area contributed by atoms with Gasteiger partial charge in [-0.3, -0.25) is 24.6 Å². The molecular formula is C38H37N3O8. The zero-order valence-electron chi connectivity index (χ0n) is 27.8. The smallest absolute Gasteiger partial charge is 0.329 e. The van der Waals surface area contributed by atoms with Crippen LogP contribution in [0, 0.1) is 30.9 Å². The van der Waals surface area contributed by atoms with Crippen LogP contribution in [0.2, 0.25) is 0 Å². The molecule has 4 aromatic carbocycles. The third-order valence-corrected chi connectivity index (χ3v) is 9.40. The molecule has 0 bridgehead atoms. The summed E-state index contributed by atoms with van der Waals surface area (Å²) >= 11 is 0. The van der Waals surface area contributed by atoms with Crippen molar-refractivity contribution in [1.29, 1.82) is 0 Å². The Labute approximate surface area is 283 Å². The first-order valence-electron chi connectivity index (χ1n) is 15.8. The highest BCUT2D eigenvalue weighted by molar-refractivity contribution is 6.13. The molecule has 0 fully saturated rings. The van der Waals surface area contributed by atoms with E-state index < -0.39 is 22.8 Å². The third kappa shape index (κ3) is 6.39. The number of esters is 1. The number of para-hydroxylation sites is 2. The van der Waals surface area contributed by atoms with Gasteiger partial charge in [-0.1, -0.05) is 36.4 Å². The van der Waals surface area contributed by atoms with Crippen LogP contribution in [0.1, 0.15) is 60.5 Å². The Kier molecular flexibility index (Phi) is 9.93. The number of nitro benzene ring substituents is 1. The number of ether oxygens (including phenoxy) is 1. The van der Waals surface area contributed by atoms with Crippen molar-refractivity contribution in [3.05, 3.63) is 127 Å². The van der Waals surface area contributed by atoms with Crippen LogP contribution in [0.3, 0.4) is 0 Å². The van der Waals surface area contributed by atoms with Crippen LogP contribution in [0.4, 0.5) is 17.1 Å². The minimum Gasteiger partial charge on any atom is -0.508 e. The van der Waals surface area contributed by atoms with Gasteiger partial charge < -0.3 is 19.5 Å². The minimum absolute atomic E-state index is 0.0382. The fourth-order valence-corrected chi connectivity index (χ4v) is 6.78. The summed E-state index contributed by atoms with van der Waals surface area (Å²) in [4.78, 5) is 60.6. The predicted molar refractivity (Wildman–Crippen MR) is 184 cm³/mol. The molecule has 2 atom stereocenters. The molecule has 0 saturated heterocycles. The van der Waals surface area contributed by atoms with Gasteiger partial charge in [-0.15, -0.1) is 0 Å². The highest BCUT2D eigenvalue weighted by Crippen LogP contribution is 2.39. The van der Waals surface area contributed by atoms with E-state index in [4.69, 9.17) is 9.53 Å². The molecule has 3 heterocycles. The first-order chi connectivity index (χ1) is 23.5. The number of phenols is 1. The molecule has 3 aliphatic rings. The fourth-order valence-electron chi connectivity index (χ4n) is 6.78. The fraction of sp³-hybridized carbons (Fsp3) is 0.263. The summed E-state index contributed by atoms with van der Waals surface area (Å²) < 4.78 is 4.84. The summed E-state index contributed by atoms with van der Waals surface area (Å²) in [6.07, 6.45) is 3.02. The lowest BCUT2D eigenvalue weighted by molar-refractivity contribution is -0.385. The Morgan fingerprint density at radius 3 is 2.14 bits per heavy atom. The molecule has 4 aromatic rings. The zero-order chi connectivity index (χ0) is 35.6. The van der Waals surface area contributed by atoms with Gasteiger partial charge in [0.1, 0.15) is 24.1 Å². The molecule has 0 unspecified atom stereocenters. The summed E-state index contributed by atoms with van der Waals surface area (Å²) in [6, 6.07) is 21.2. The Bertz CT molecular complexity index is 1970. The van der Waals surface area contributed by atoms with Crippen molar-refractivity contribution >= 4 is 41.6 Å². The standard InChI is InChI=1S/C19H18N2O5.C18H17NO2.CH2O/c1-11-8-14(16(21(24)25)9-12(11)2)18(22)20-15-7-5-4-6-13(15)10-17(20)19(23)26-3;1-11-8-15-12(10-17(11)20)6-7-14-9-13-4-2-3-5-16(13)19(14)18(15)21;1-2/h4-9,17H,10H2,1-3H3;2-5,8,10,14,20H,6-7,9H2,1H3;1H2/t17-;14-;/m01./s1. The van der Waals surface area contributed by atoms with Crippen molar-refractivity contribution in [2.75, 3.05) is 16.9 Å². The van der Waals surface area contributed by atoms with Crippen molar-refractivity contribution in [3.8, 4) is 5.75 Å². The highest BCUT2D eigenvalue weighted by atomic mass is 16.6. The van der Waals surface area contributed by atoms with E-state index in [2.05, 4.69) is 6.07 Å². The number of nitro groups is 1. The number of hydrogen-bond acceptors (Lipinski definition) is 8. The minimum atomic E-state index is -0.842. The predicted octanol–water partition coefficient (Wildman–Crippen LogP) is 5.99. The largest absolute Gasteiger partial charge is 0.508 e. The van der Waals surface area contributed by atoms with E-state index >= 15 is 0 Å². The maximum absolute atomic E-state index is 13.2. The van der Waals surface area contributed by atoms with Crippen LogP contribution < -0.4 is 9.80 Å². The van der Waals surface area contributed by atoms with E-state index in [9.17, 15) is 29.6 Å². The number of phenolic OH excluding ortho intramolecular Hbond substituents is 1. The molecule has 11 heteroatoms. The van der Waals surface area contributed by atoms with Crippen molar-refractivity contribution in [3.63, 3.8) is 0 Å². The first kappa shape index (κ1) is 34.5. The molecule has 0 saturated carbocycles. The number of hydrogen-bond donors (Lipinski definition) is 1. The molecule has 0 aromatic heterocycles. The van der Waals surface area contributed by atoms with Crippen LogP contribution in [-0.4, -0.2) is 53.8 Å². The van der Waals surface area contributed by atoms with Gasteiger partial charge >= 0.3 is 5.97 Å². The second kappa shape index (κ2) is 14.1. The Morgan fingerprint density at radius 1 is 0.878 bits per heavy atom. The molecule has 7 rings (SSSR count). The molecule has 0 aliphatic carbocycles. The lowest BCUT2D eigenvalue weighted by Crippen LogP contribution is -2.43. The van der Waals surface area contributed by atoms with Crippen LogP contribution >= 0.6 is 0 Å². The number of anilines is 2. The van der Waals surface area contributed by atoms with Gasteiger partial charge in [-0.2, -0.15) is 0 Å². The first-order valence-corrected chi connectivity index (χ1v) is 15.8. The van der Waals surface area contributed by atoms with Gasteiger partial charge in [0, 0.05) is 35.5 Å². The van der Waals surface area contributed by atoms with Gasteiger partial charge in [-0.25, -0.2) is 4.79 Å². The van der Waals surface area contributed by atoms with Gasteiger partial charge in [0.25, 0.3) is 17.5 Å². The Morgan fingerprint density at radius 2 is 1.49 bits per heavy atom. The van der Waals surface area contributed by atoms with E-state index in [1.165, 1.54) is 29.7 Å². The average Bonchev–Trinajstić information content (AvgIpc) is 3.65. The molecule has 3 aliphatic heterocycles. The summed E-state index contributed by atoms with van der Waals surface area (Å²) in [5, 5.41) is 21.4. The SMILES string of the molecule is C=O.COC(=O)[C@@H]1Cc2ccccc2N1C(=O)c1cc(C)c(C)cc1[N+](=O)[O-].Cc1cc2c(cc1O)CC[C@@H]1Cc3ccccc3N1C2=O. The van der Waals surface area contributed by atoms with Crippen LogP contribution in [0.5, 0.6) is 5.75 Å². The molecule has 11 nitrogen and oxygen atoms in total. The van der Waals surface area contributed by atoms with Crippen molar-refractivity contribution < 1.29 is 33.9 Å². The van der Waals surface area contributed by atoms with Crippen LogP contribution in [0.15, 0.2) is 72.8 Å². The molecule has 252 valence electrons.